The fraction of sp³-hybridized carbons (Fsp3) is 0.538. The van der Waals surface area contributed by atoms with Crippen LogP contribution in [-0.2, 0) is 13.1 Å². The van der Waals surface area contributed by atoms with Crippen LogP contribution in [0.1, 0.15) is 31.1 Å². The van der Waals surface area contributed by atoms with Crippen LogP contribution in [0.3, 0.4) is 0 Å². The highest BCUT2D eigenvalue weighted by atomic mass is 19.4. The molecule has 8 heteroatoms. The summed E-state index contributed by atoms with van der Waals surface area (Å²) in [7, 11) is 0. The maximum absolute atomic E-state index is 12.2. The zero-order valence-electron chi connectivity index (χ0n) is 12.1. The third-order valence-electron chi connectivity index (χ3n) is 2.96. The molecule has 2 rings (SSSR count). The van der Waals surface area contributed by atoms with Crippen molar-refractivity contribution in [3.8, 4) is 0 Å². The minimum Gasteiger partial charge on any atom is -0.378 e. The zero-order valence-corrected chi connectivity index (χ0v) is 12.1. The van der Waals surface area contributed by atoms with Gasteiger partial charge in [0, 0.05) is 30.5 Å². The van der Waals surface area contributed by atoms with E-state index in [9.17, 15) is 13.2 Å². The van der Waals surface area contributed by atoms with Gasteiger partial charge in [-0.2, -0.15) is 23.4 Å². The summed E-state index contributed by atoms with van der Waals surface area (Å²) in [6.45, 7) is 5.27. The maximum atomic E-state index is 12.2. The minimum absolute atomic E-state index is 0.258. The molecule has 2 heterocycles. The fourth-order valence-corrected chi connectivity index (χ4v) is 1.88. The molecule has 0 aliphatic rings. The Bertz CT molecular complexity index is 597. The lowest BCUT2D eigenvalue weighted by atomic mass is 10.3. The Balaban J connectivity index is 1.97. The number of nitrogens with one attached hydrogen (secondary N) is 1. The second-order valence-electron chi connectivity index (χ2n) is 5.22. The first-order valence-electron chi connectivity index (χ1n) is 6.62. The van der Waals surface area contributed by atoms with Crippen molar-refractivity contribution in [2.24, 2.45) is 0 Å². The van der Waals surface area contributed by atoms with Gasteiger partial charge in [-0.25, -0.2) is 0 Å². The number of alkyl halides is 3. The Morgan fingerprint density at radius 1 is 1.29 bits per heavy atom. The standard InChI is InChI=1S/C13H18F3N5/c1-9(2)21-7-12(10(3)19-21)17-4-11-5-18-20(6-11)8-13(14,15)16/h5-7,9,17H,4,8H2,1-3H3. The van der Waals surface area contributed by atoms with Gasteiger partial charge in [0.05, 0.1) is 17.6 Å². The quantitative estimate of drug-likeness (QED) is 0.923. The van der Waals surface area contributed by atoms with E-state index in [0.29, 0.717) is 12.1 Å². The second-order valence-corrected chi connectivity index (χ2v) is 5.22. The van der Waals surface area contributed by atoms with E-state index < -0.39 is 12.7 Å². The molecule has 0 spiro atoms. The summed E-state index contributed by atoms with van der Waals surface area (Å²) in [5.74, 6) is 0. The van der Waals surface area contributed by atoms with Crippen molar-refractivity contribution in [2.75, 3.05) is 5.32 Å². The third kappa shape index (κ3) is 4.24. The molecule has 2 aromatic heterocycles. The summed E-state index contributed by atoms with van der Waals surface area (Å²) in [5.41, 5.74) is 2.41. The van der Waals surface area contributed by atoms with E-state index in [-0.39, 0.29) is 6.04 Å². The summed E-state index contributed by atoms with van der Waals surface area (Å²) in [6, 6.07) is 0.258. The Labute approximate surface area is 120 Å². The highest BCUT2D eigenvalue weighted by Crippen LogP contribution is 2.18. The summed E-state index contributed by atoms with van der Waals surface area (Å²) in [5, 5.41) is 11.2. The molecule has 2 aromatic rings. The van der Waals surface area contributed by atoms with E-state index in [1.807, 2.05) is 31.6 Å². The van der Waals surface area contributed by atoms with E-state index in [1.54, 1.807) is 0 Å². The molecule has 0 atom stereocenters. The van der Waals surface area contributed by atoms with E-state index in [1.165, 1.54) is 12.4 Å². The minimum atomic E-state index is -4.26. The van der Waals surface area contributed by atoms with Crippen LogP contribution < -0.4 is 5.32 Å². The second kappa shape index (κ2) is 5.79. The van der Waals surface area contributed by atoms with Crippen LogP contribution in [0.25, 0.3) is 0 Å². The Kier molecular flexibility index (Phi) is 4.24. The first kappa shape index (κ1) is 15.4. The monoisotopic (exact) mass is 301 g/mol. The Hall–Kier alpha value is -1.99. The SMILES string of the molecule is Cc1nn(C(C)C)cc1NCc1cnn(CC(F)(F)F)c1. The summed E-state index contributed by atoms with van der Waals surface area (Å²) in [6.07, 6.45) is 0.454. The summed E-state index contributed by atoms with van der Waals surface area (Å²) in [4.78, 5) is 0. The molecular weight excluding hydrogens is 283 g/mol. The molecule has 0 aromatic carbocycles. The van der Waals surface area contributed by atoms with Gasteiger partial charge in [0.15, 0.2) is 0 Å². The van der Waals surface area contributed by atoms with Gasteiger partial charge in [0.25, 0.3) is 0 Å². The molecular formula is C13H18F3N5. The summed E-state index contributed by atoms with van der Waals surface area (Å²) < 4.78 is 39.5. The van der Waals surface area contributed by atoms with Crippen LogP contribution in [0.15, 0.2) is 18.6 Å². The number of aromatic nitrogens is 4. The van der Waals surface area contributed by atoms with Gasteiger partial charge < -0.3 is 5.32 Å². The van der Waals surface area contributed by atoms with Crippen molar-refractivity contribution in [2.45, 2.75) is 46.1 Å². The zero-order chi connectivity index (χ0) is 15.6. The number of hydrogen-bond donors (Lipinski definition) is 1. The molecule has 5 nitrogen and oxygen atoms in total. The number of rotatable bonds is 5. The molecule has 1 N–H and O–H groups in total. The molecule has 0 unspecified atom stereocenters. The highest BCUT2D eigenvalue weighted by Gasteiger charge is 2.28. The van der Waals surface area contributed by atoms with Crippen LogP contribution >= 0.6 is 0 Å². The van der Waals surface area contributed by atoms with Crippen molar-refractivity contribution in [1.82, 2.24) is 19.6 Å². The normalized spacial score (nSPS) is 12.1. The Morgan fingerprint density at radius 3 is 2.57 bits per heavy atom. The van der Waals surface area contributed by atoms with Crippen molar-refractivity contribution >= 4 is 5.69 Å². The first-order chi connectivity index (χ1) is 9.74. The molecule has 0 aliphatic heterocycles. The van der Waals surface area contributed by atoms with Crippen molar-refractivity contribution in [3.05, 3.63) is 29.8 Å². The smallest absolute Gasteiger partial charge is 0.378 e. The summed E-state index contributed by atoms with van der Waals surface area (Å²) >= 11 is 0. The van der Waals surface area contributed by atoms with E-state index in [4.69, 9.17) is 0 Å². The number of hydrogen-bond acceptors (Lipinski definition) is 3. The molecule has 0 saturated heterocycles. The Morgan fingerprint density at radius 2 is 2.00 bits per heavy atom. The van der Waals surface area contributed by atoms with Crippen LogP contribution in [0, 0.1) is 6.92 Å². The molecule has 0 saturated carbocycles. The van der Waals surface area contributed by atoms with Crippen LogP contribution in [0.2, 0.25) is 0 Å². The van der Waals surface area contributed by atoms with Gasteiger partial charge in [-0.1, -0.05) is 0 Å². The van der Waals surface area contributed by atoms with Gasteiger partial charge in [-0.15, -0.1) is 0 Å². The van der Waals surface area contributed by atoms with Gasteiger partial charge in [0.2, 0.25) is 0 Å². The maximum Gasteiger partial charge on any atom is 0.408 e. The average molecular weight is 301 g/mol. The van der Waals surface area contributed by atoms with E-state index in [2.05, 4.69) is 15.5 Å². The predicted octanol–water partition coefficient (Wildman–Crippen LogP) is 3.14. The van der Waals surface area contributed by atoms with Crippen molar-refractivity contribution < 1.29 is 13.2 Å². The lowest BCUT2D eigenvalue weighted by Crippen LogP contribution is -2.17. The van der Waals surface area contributed by atoms with Gasteiger partial charge in [0.1, 0.15) is 6.54 Å². The van der Waals surface area contributed by atoms with Gasteiger partial charge in [-0.3, -0.25) is 9.36 Å². The fourth-order valence-electron chi connectivity index (χ4n) is 1.88. The topological polar surface area (TPSA) is 47.7 Å². The van der Waals surface area contributed by atoms with Crippen LogP contribution in [-0.4, -0.2) is 25.7 Å². The lowest BCUT2D eigenvalue weighted by Gasteiger charge is -2.05. The lowest BCUT2D eigenvalue weighted by molar-refractivity contribution is -0.142. The number of halogens is 3. The first-order valence-corrected chi connectivity index (χ1v) is 6.62. The molecule has 0 fully saturated rings. The molecule has 21 heavy (non-hydrogen) atoms. The molecule has 0 radical (unpaired) electrons. The molecule has 116 valence electrons. The predicted molar refractivity (Wildman–Crippen MR) is 73.0 cm³/mol. The molecule has 0 bridgehead atoms. The molecule has 0 aliphatic carbocycles. The van der Waals surface area contributed by atoms with Gasteiger partial charge >= 0.3 is 6.18 Å². The number of anilines is 1. The third-order valence-corrected chi connectivity index (χ3v) is 2.96. The van der Waals surface area contributed by atoms with Crippen molar-refractivity contribution in [3.63, 3.8) is 0 Å². The van der Waals surface area contributed by atoms with E-state index >= 15 is 0 Å². The molecule has 0 amide bonds. The van der Waals surface area contributed by atoms with E-state index in [0.717, 1.165) is 16.1 Å². The number of aryl methyl sites for hydroxylation is 1. The van der Waals surface area contributed by atoms with Crippen LogP contribution in [0.4, 0.5) is 18.9 Å². The highest BCUT2D eigenvalue weighted by molar-refractivity contribution is 5.46. The average Bonchev–Trinajstić information content (AvgIpc) is 2.91. The van der Waals surface area contributed by atoms with Crippen molar-refractivity contribution in [1.29, 1.82) is 0 Å². The van der Waals surface area contributed by atoms with Gasteiger partial charge in [-0.05, 0) is 20.8 Å². The largest absolute Gasteiger partial charge is 0.408 e. The van der Waals surface area contributed by atoms with Crippen LogP contribution in [0.5, 0.6) is 0 Å². The number of nitrogens with zero attached hydrogens (tertiary/aromatic N) is 4.